The molecule has 1 amide bonds. The standard InChI is InChI=1S/C28H28N2O5/c1-17-10-11-19-13-21(27(31)29-22(19)12-17)16-30(23-9-7-6-8-18(23)2)28(32)20-14-24(33-3)26(35-5)25(15-20)34-4/h6-15H,16H2,1-5H3,(H,29,31). The van der Waals surface area contributed by atoms with Crippen molar-refractivity contribution in [2.24, 2.45) is 0 Å². The van der Waals surface area contributed by atoms with Gasteiger partial charge in [0.1, 0.15) is 0 Å². The fraction of sp³-hybridized carbons (Fsp3) is 0.214. The molecule has 4 aromatic rings. The summed E-state index contributed by atoms with van der Waals surface area (Å²) in [6, 6.07) is 18.5. The number of hydrogen-bond acceptors (Lipinski definition) is 5. The first-order valence-electron chi connectivity index (χ1n) is 11.2. The van der Waals surface area contributed by atoms with Gasteiger partial charge in [-0.3, -0.25) is 9.59 Å². The Hall–Kier alpha value is -4.26. The number of pyridine rings is 1. The van der Waals surface area contributed by atoms with E-state index in [1.807, 2.05) is 62.4 Å². The van der Waals surface area contributed by atoms with Crippen LogP contribution in [0.15, 0.2) is 65.5 Å². The van der Waals surface area contributed by atoms with Crippen molar-refractivity contribution in [2.45, 2.75) is 20.4 Å². The summed E-state index contributed by atoms with van der Waals surface area (Å²) in [6.45, 7) is 3.99. The highest BCUT2D eigenvalue weighted by atomic mass is 16.5. The van der Waals surface area contributed by atoms with E-state index in [0.717, 1.165) is 22.0 Å². The lowest BCUT2D eigenvalue weighted by Gasteiger charge is -2.25. The van der Waals surface area contributed by atoms with Gasteiger partial charge in [-0.1, -0.05) is 30.3 Å². The van der Waals surface area contributed by atoms with Crippen LogP contribution in [0, 0.1) is 13.8 Å². The van der Waals surface area contributed by atoms with Crippen LogP contribution in [0.5, 0.6) is 17.2 Å². The van der Waals surface area contributed by atoms with Crippen molar-refractivity contribution in [2.75, 3.05) is 26.2 Å². The number of aromatic amines is 1. The number of carbonyl (C=O) groups is 1. The molecule has 0 aliphatic carbocycles. The van der Waals surface area contributed by atoms with Crippen molar-refractivity contribution in [3.8, 4) is 17.2 Å². The summed E-state index contributed by atoms with van der Waals surface area (Å²) in [5, 5.41) is 0.898. The molecule has 1 aromatic heterocycles. The molecule has 1 N–H and O–H groups in total. The third-order valence-electron chi connectivity index (χ3n) is 5.97. The Morgan fingerprint density at radius 3 is 2.20 bits per heavy atom. The number of nitrogens with zero attached hydrogens (tertiary/aromatic N) is 1. The van der Waals surface area contributed by atoms with Gasteiger partial charge in [-0.25, -0.2) is 0 Å². The van der Waals surface area contributed by atoms with Crippen molar-refractivity contribution in [1.29, 1.82) is 0 Å². The largest absolute Gasteiger partial charge is 0.493 e. The van der Waals surface area contributed by atoms with Crippen LogP contribution in [0.1, 0.15) is 27.0 Å². The molecule has 0 fully saturated rings. The molecule has 0 saturated heterocycles. The maximum Gasteiger partial charge on any atom is 0.258 e. The molecule has 0 bridgehead atoms. The van der Waals surface area contributed by atoms with Crippen molar-refractivity contribution in [3.63, 3.8) is 0 Å². The molecule has 7 heteroatoms. The van der Waals surface area contributed by atoms with Gasteiger partial charge in [-0.05, 0) is 60.7 Å². The van der Waals surface area contributed by atoms with Crippen molar-refractivity contribution in [1.82, 2.24) is 4.98 Å². The maximum absolute atomic E-state index is 13.9. The van der Waals surface area contributed by atoms with Crippen molar-refractivity contribution in [3.05, 3.63) is 93.3 Å². The number of aromatic nitrogens is 1. The monoisotopic (exact) mass is 472 g/mol. The van der Waals surface area contributed by atoms with Gasteiger partial charge in [0.05, 0.1) is 27.9 Å². The molecule has 0 unspecified atom stereocenters. The van der Waals surface area contributed by atoms with Crippen LogP contribution in [0.3, 0.4) is 0 Å². The van der Waals surface area contributed by atoms with Crippen LogP contribution in [0.2, 0.25) is 0 Å². The Morgan fingerprint density at radius 2 is 1.57 bits per heavy atom. The summed E-state index contributed by atoms with van der Waals surface area (Å²) in [6.07, 6.45) is 0. The number of anilines is 1. The molecule has 7 nitrogen and oxygen atoms in total. The first-order chi connectivity index (χ1) is 16.9. The van der Waals surface area contributed by atoms with Gasteiger partial charge in [0.15, 0.2) is 11.5 Å². The van der Waals surface area contributed by atoms with Gasteiger partial charge in [0.25, 0.3) is 11.5 Å². The first-order valence-corrected chi connectivity index (χ1v) is 11.2. The van der Waals surface area contributed by atoms with Gasteiger partial charge in [0, 0.05) is 22.3 Å². The van der Waals surface area contributed by atoms with Crippen LogP contribution in [-0.4, -0.2) is 32.2 Å². The maximum atomic E-state index is 13.9. The molecule has 4 rings (SSSR count). The molecular weight excluding hydrogens is 444 g/mol. The summed E-state index contributed by atoms with van der Waals surface area (Å²) in [5.41, 5.74) is 4.01. The highest BCUT2D eigenvalue weighted by Gasteiger charge is 2.24. The summed E-state index contributed by atoms with van der Waals surface area (Å²) in [7, 11) is 4.51. The van der Waals surface area contributed by atoms with E-state index in [0.29, 0.717) is 34.1 Å². The first kappa shape index (κ1) is 23.9. The number of benzene rings is 3. The Bertz CT molecular complexity index is 1430. The molecule has 180 valence electrons. The van der Waals surface area contributed by atoms with Crippen LogP contribution in [-0.2, 0) is 6.54 Å². The number of carbonyl (C=O) groups excluding carboxylic acids is 1. The number of ether oxygens (including phenoxy) is 3. The summed E-state index contributed by atoms with van der Waals surface area (Å²) < 4.78 is 16.3. The lowest BCUT2D eigenvalue weighted by atomic mass is 10.1. The lowest BCUT2D eigenvalue weighted by Crippen LogP contribution is -2.33. The van der Waals surface area contributed by atoms with E-state index < -0.39 is 0 Å². The minimum atomic E-state index is -0.304. The number of methoxy groups -OCH3 is 3. The second kappa shape index (κ2) is 9.93. The summed E-state index contributed by atoms with van der Waals surface area (Å²) in [5.74, 6) is 0.843. The van der Waals surface area contributed by atoms with Gasteiger partial charge >= 0.3 is 0 Å². The number of amides is 1. The molecule has 3 aromatic carbocycles. The fourth-order valence-corrected chi connectivity index (χ4v) is 4.14. The summed E-state index contributed by atoms with van der Waals surface area (Å²) >= 11 is 0. The smallest absolute Gasteiger partial charge is 0.258 e. The Kier molecular flexibility index (Phi) is 6.78. The molecule has 0 aliphatic rings. The molecule has 0 atom stereocenters. The predicted octanol–water partition coefficient (Wildman–Crippen LogP) is 5.02. The van der Waals surface area contributed by atoms with E-state index in [-0.39, 0.29) is 18.0 Å². The Balaban J connectivity index is 1.84. The van der Waals surface area contributed by atoms with Crippen LogP contribution < -0.4 is 24.7 Å². The van der Waals surface area contributed by atoms with Gasteiger partial charge in [-0.15, -0.1) is 0 Å². The molecule has 0 radical (unpaired) electrons. The van der Waals surface area contributed by atoms with E-state index in [4.69, 9.17) is 14.2 Å². The van der Waals surface area contributed by atoms with Crippen molar-refractivity contribution < 1.29 is 19.0 Å². The SMILES string of the molecule is COc1cc(C(=O)N(Cc2cc3ccc(C)cc3[nH]c2=O)c2ccccc2C)cc(OC)c1OC. The zero-order valence-electron chi connectivity index (χ0n) is 20.5. The third-order valence-corrected chi connectivity index (χ3v) is 5.97. The van der Waals surface area contributed by atoms with E-state index in [2.05, 4.69) is 4.98 Å². The Morgan fingerprint density at radius 1 is 0.886 bits per heavy atom. The molecule has 1 heterocycles. The second-order valence-electron chi connectivity index (χ2n) is 8.31. The van der Waals surface area contributed by atoms with Gasteiger partial charge in [0.2, 0.25) is 5.75 Å². The second-order valence-corrected chi connectivity index (χ2v) is 8.31. The molecule has 0 saturated carbocycles. The predicted molar refractivity (Wildman–Crippen MR) is 137 cm³/mol. The quantitative estimate of drug-likeness (QED) is 0.409. The Labute approximate surface area is 203 Å². The van der Waals surface area contributed by atoms with E-state index in [1.165, 1.54) is 21.3 Å². The minimum Gasteiger partial charge on any atom is -0.493 e. The topological polar surface area (TPSA) is 80.9 Å². The highest BCUT2D eigenvalue weighted by molar-refractivity contribution is 6.07. The molecule has 0 aliphatic heterocycles. The normalized spacial score (nSPS) is 10.8. The number of para-hydroxylation sites is 1. The van der Waals surface area contributed by atoms with Gasteiger partial charge in [-0.2, -0.15) is 0 Å². The minimum absolute atomic E-state index is 0.0828. The van der Waals surface area contributed by atoms with Crippen LogP contribution in [0.25, 0.3) is 10.9 Å². The van der Waals surface area contributed by atoms with E-state index in [1.54, 1.807) is 17.0 Å². The number of H-pyrrole nitrogens is 1. The number of aryl methyl sites for hydroxylation is 2. The van der Waals surface area contributed by atoms with Crippen molar-refractivity contribution >= 4 is 22.5 Å². The van der Waals surface area contributed by atoms with Gasteiger partial charge < -0.3 is 24.1 Å². The highest BCUT2D eigenvalue weighted by Crippen LogP contribution is 2.39. The number of nitrogens with one attached hydrogen (secondary N) is 1. The molecule has 35 heavy (non-hydrogen) atoms. The van der Waals surface area contributed by atoms with Crippen LogP contribution >= 0.6 is 0 Å². The van der Waals surface area contributed by atoms with Crippen LogP contribution in [0.4, 0.5) is 5.69 Å². The summed E-state index contributed by atoms with van der Waals surface area (Å²) in [4.78, 5) is 31.5. The zero-order valence-corrected chi connectivity index (χ0v) is 20.5. The average molecular weight is 473 g/mol. The molecule has 0 spiro atoms. The average Bonchev–Trinajstić information content (AvgIpc) is 2.86. The number of fused-ring (bicyclic) bond motifs is 1. The van der Waals surface area contributed by atoms with E-state index in [9.17, 15) is 9.59 Å². The molecular formula is C28H28N2O5. The number of hydrogen-bond donors (Lipinski definition) is 1. The van der Waals surface area contributed by atoms with E-state index >= 15 is 0 Å². The fourth-order valence-electron chi connectivity index (χ4n) is 4.14. The third kappa shape index (κ3) is 4.71. The zero-order chi connectivity index (χ0) is 25.1. The lowest BCUT2D eigenvalue weighted by molar-refractivity contribution is 0.0984. The number of rotatable bonds is 7.